The second-order valence-corrected chi connectivity index (χ2v) is 7.43. The van der Waals surface area contributed by atoms with Gasteiger partial charge in [-0.2, -0.15) is 0 Å². The van der Waals surface area contributed by atoms with E-state index in [1.807, 2.05) is 24.3 Å². The summed E-state index contributed by atoms with van der Waals surface area (Å²) in [6.45, 7) is 4.41. The Morgan fingerprint density at radius 3 is 2.75 bits per heavy atom. The molecule has 3 nitrogen and oxygen atoms in total. The number of fused-ring (bicyclic) bond motifs is 1. The van der Waals surface area contributed by atoms with E-state index in [-0.39, 0.29) is 6.10 Å². The number of ether oxygens (including phenoxy) is 1. The first-order valence-corrected chi connectivity index (χ1v) is 9.56. The van der Waals surface area contributed by atoms with Crippen LogP contribution in [0.15, 0.2) is 53.0 Å². The van der Waals surface area contributed by atoms with Gasteiger partial charge in [0.25, 0.3) is 0 Å². The molecule has 1 saturated heterocycles. The molecule has 2 aromatic rings. The number of nitrogens with zero attached hydrogens (tertiary/aromatic N) is 1. The normalized spacial score (nSPS) is 24.4. The summed E-state index contributed by atoms with van der Waals surface area (Å²) in [4.78, 5) is 2.61. The first-order chi connectivity index (χ1) is 11.8. The van der Waals surface area contributed by atoms with Gasteiger partial charge in [-0.05, 0) is 65.1 Å². The van der Waals surface area contributed by atoms with Crippen molar-refractivity contribution in [2.24, 2.45) is 0 Å². The maximum absolute atomic E-state index is 6.53. The van der Waals surface area contributed by atoms with Crippen molar-refractivity contribution in [2.75, 3.05) is 26.2 Å². The molecule has 2 aromatic carbocycles. The first-order valence-electron chi connectivity index (χ1n) is 8.77. The lowest BCUT2D eigenvalue weighted by Crippen LogP contribution is -2.42. The summed E-state index contributed by atoms with van der Waals surface area (Å²) in [5.74, 6) is 0.928. The highest BCUT2D eigenvalue weighted by Gasteiger charge is 2.38. The molecule has 126 valence electrons. The van der Waals surface area contributed by atoms with E-state index < -0.39 is 0 Å². The van der Waals surface area contributed by atoms with E-state index in [0.717, 1.165) is 42.8 Å². The minimum Gasteiger partial charge on any atom is -0.483 e. The van der Waals surface area contributed by atoms with Gasteiger partial charge < -0.3 is 10.1 Å². The predicted octanol–water partition coefficient (Wildman–Crippen LogP) is 3.79. The van der Waals surface area contributed by atoms with Gasteiger partial charge in [-0.15, -0.1) is 0 Å². The number of nitrogens with one attached hydrogen (secondary N) is 1. The molecule has 24 heavy (non-hydrogen) atoms. The molecule has 1 fully saturated rings. The average Bonchev–Trinajstić information content (AvgIpc) is 2.78. The molecule has 0 bridgehead atoms. The smallest absolute Gasteiger partial charge is 0.140 e. The molecule has 4 rings (SSSR count). The predicted molar refractivity (Wildman–Crippen MR) is 101 cm³/mol. The molecule has 2 aliphatic rings. The minimum absolute atomic E-state index is 0.0954. The Labute approximate surface area is 152 Å². The highest BCUT2D eigenvalue weighted by Crippen LogP contribution is 2.39. The summed E-state index contributed by atoms with van der Waals surface area (Å²) in [5.41, 5.74) is 2.77. The first kappa shape index (κ1) is 16.1. The van der Waals surface area contributed by atoms with E-state index in [4.69, 9.17) is 4.74 Å². The lowest BCUT2D eigenvalue weighted by atomic mass is 10.1. The standard InChI is InChI=1S/C20H23BrN2O/c21-17-8-3-4-9-19(17)24-20-16-7-2-1-6-15(16)14-18(20)23-12-5-10-22-11-13-23/h1-4,6-9,18,20,22H,5,10-14H2/t18-,20-/m1/s1. The van der Waals surface area contributed by atoms with Gasteiger partial charge in [-0.25, -0.2) is 0 Å². The fourth-order valence-electron chi connectivity index (χ4n) is 3.88. The topological polar surface area (TPSA) is 24.5 Å². The lowest BCUT2D eigenvalue weighted by Gasteiger charge is -2.32. The third-order valence-corrected chi connectivity index (χ3v) is 5.73. The van der Waals surface area contributed by atoms with Gasteiger partial charge in [0.05, 0.1) is 10.5 Å². The van der Waals surface area contributed by atoms with E-state index in [1.165, 1.54) is 17.5 Å². The Morgan fingerprint density at radius 1 is 1.00 bits per heavy atom. The van der Waals surface area contributed by atoms with Gasteiger partial charge in [-0.1, -0.05) is 36.4 Å². The summed E-state index contributed by atoms with van der Waals surface area (Å²) in [6.07, 6.45) is 2.37. The Morgan fingerprint density at radius 2 is 1.83 bits per heavy atom. The zero-order valence-corrected chi connectivity index (χ0v) is 15.3. The molecular weight excluding hydrogens is 364 g/mol. The molecule has 0 saturated carbocycles. The summed E-state index contributed by atoms with van der Waals surface area (Å²) in [7, 11) is 0. The van der Waals surface area contributed by atoms with Crippen LogP contribution in [0.5, 0.6) is 5.75 Å². The molecule has 0 aromatic heterocycles. The summed E-state index contributed by atoms with van der Waals surface area (Å²) in [5, 5.41) is 3.51. The zero-order valence-electron chi connectivity index (χ0n) is 13.7. The Balaban J connectivity index is 1.64. The van der Waals surface area contributed by atoms with E-state index in [0.29, 0.717) is 6.04 Å². The summed E-state index contributed by atoms with van der Waals surface area (Å²) >= 11 is 3.62. The molecule has 4 heteroatoms. The number of halogens is 1. The van der Waals surface area contributed by atoms with Crippen LogP contribution >= 0.6 is 15.9 Å². The second kappa shape index (κ2) is 7.26. The molecule has 1 heterocycles. The second-order valence-electron chi connectivity index (χ2n) is 6.58. The van der Waals surface area contributed by atoms with Crippen LogP contribution in [0.3, 0.4) is 0 Å². The number of benzene rings is 2. The fourth-order valence-corrected chi connectivity index (χ4v) is 4.25. The number of hydrogen-bond acceptors (Lipinski definition) is 3. The molecule has 1 N–H and O–H groups in total. The maximum atomic E-state index is 6.53. The quantitative estimate of drug-likeness (QED) is 0.868. The van der Waals surface area contributed by atoms with E-state index in [1.54, 1.807) is 0 Å². The molecule has 0 radical (unpaired) electrons. The molecule has 0 unspecified atom stereocenters. The van der Waals surface area contributed by atoms with Gasteiger partial charge in [0.1, 0.15) is 11.9 Å². The van der Waals surface area contributed by atoms with Crippen LogP contribution in [0, 0.1) is 0 Å². The van der Waals surface area contributed by atoms with Crippen molar-refractivity contribution in [3.05, 3.63) is 64.1 Å². The molecule has 0 amide bonds. The van der Waals surface area contributed by atoms with Crippen LogP contribution in [0.2, 0.25) is 0 Å². The Bertz CT molecular complexity index is 698. The lowest BCUT2D eigenvalue weighted by molar-refractivity contribution is 0.0816. The number of hydrogen-bond donors (Lipinski definition) is 1. The van der Waals surface area contributed by atoms with Gasteiger partial charge >= 0.3 is 0 Å². The van der Waals surface area contributed by atoms with Gasteiger partial charge in [-0.3, -0.25) is 4.90 Å². The van der Waals surface area contributed by atoms with Crippen LogP contribution in [0.1, 0.15) is 23.7 Å². The summed E-state index contributed by atoms with van der Waals surface area (Å²) < 4.78 is 7.55. The van der Waals surface area contributed by atoms with Crippen LogP contribution < -0.4 is 10.1 Å². The van der Waals surface area contributed by atoms with Crippen LogP contribution in [0.4, 0.5) is 0 Å². The third kappa shape index (κ3) is 3.23. The molecule has 1 aliphatic heterocycles. The Hall–Kier alpha value is -1.36. The van der Waals surface area contributed by atoms with Gasteiger partial charge in [0.15, 0.2) is 0 Å². The SMILES string of the molecule is Brc1ccccc1O[C@@H]1c2ccccc2C[C@H]1N1CCCNCC1. The van der Waals surface area contributed by atoms with E-state index >= 15 is 0 Å². The van der Waals surface area contributed by atoms with E-state index in [2.05, 4.69) is 50.4 Å². The van der Waals surface area contributed by atoms with Gasteiger partial charge in [0, 0.05) is 13.1 Å². The highest BCUT2D eigenvalue weighted by atomic mass is 79.9. The highest BCUT2D eigenvalue weighted by molar-refractivity contribution is 9.10. The number of para-hydroxylation sites is 1. The van der Waals surface area contributed by atoms with Crippen molar-refractivity contribution < 1.29 is 4.74 Å². The fraction of sp³-hybridized carbons (Fsp3) is 0.400. The third-order valence-electron chi connectivity index (χ3n) is 5.07. The maximum Gasteiger partial charge on any atom is 0.140 e. The van der Waals surface area contributed by atoms with Crippen LogP contribution in [0.25, 0.3) is 0 Å². The van der Waals surface area contributed by atoms with Crippen molar-refractivity contribution in [3.63, 3.8) is 0 Å². The zero-order chi connectivity index (χ0) is 16.4. The van der Waals surface area contributed by atoms with Gasteiger partial charge in [0.2, 0.25) is 0 Å². The van der Waals surface area contributed by atoms with Crippen molar-refractivity contribution in [3.8, 4) is 5.75 Å². The molecular formula is C20H23BrN2O. The number of rotatable bonds is 3. The Kier molecular flexibility index (Phi) is 4.88. The van der Waals surface area contributed by atoms with Crippen molar-refractivity contribution >= 4 is 15.9 Å². The van der Waals surface area contributed by atoms with E-state index in [9.17, 15) is 0 Å². The van der Waals surface area contributed by atoms with Crippen LogP contribution in [-0.2, 0) is 6.42 Å². The monoisotopic (exact) mass is 386 g/mol. The molecule has 0 spiro atoms. The summed E-state index contributed by atoms with van der Waals surface area (Å²) in [6, 6.07) is 17.3. The van der Waals surface area contributed by atoms with Crippen molar-refractivity contribution in [2.45, 2.75) is 25.0 Å². The van der Waals surface area contributed by atoms with Crippen molar-refractivity contribution in [1.82, 2.24) is 10.2 Å². The molecule has 1 aliphatic carbocycles. The molecule has 2 atom stereocenters. The average molecular weight is 387 g/mol. The largest absolute Gasteiger partial charge is 0.483 e. The minimum atomic E-state index is 0.0954. The van der Waals surface area contributed by atoms with Crippen LogP contribution in [-0.4, -0.2) is 37.1 Å². The van der Waals surface area contributed by atoms with Crippen molar-refractivity contribution in [1.29, 1.82) is 0 Å².